The van der Waals surface area contributed by atoms with Gasteiger partial charge in [0.2, 0.25) is 5.91 Å². The lowest BCUT2D eigenvalue weighted by atomic mass is 10.1. The molecule has 0 unspecified atom stereocenters. The van der Waals surface area contributed by atoms with Crippen molar-refractivity contribution in [2.45, 2.75) is 13.3 Å². The Morgan fingerprint density at radius 3 is 2.27 bits per heavy atom. The Morgan fingerprint density at radius 1 is 0.846 bits per heavy atom. The number of hydrogen-bond donors (Lipinski definition) is 2. The van der Waals surface area contributed by atoms with Crippen molar-refractivity contribution >= 4 is 23.3 Å². The first-order chi connectivity index (χ1) is 12.6. The molecule has 0 fully saturated rings. The Balaban J connectivity index is 1.59. The van der Waals surface area contributed by atoms with E-state index in [9.17, 15) is 9.59 Å². The van der Waals surface area contributed by atoms with Crippen molar-refractivity contribution in [1.82, 2.24) is 4.98 Å². The van der Waals surface area contributed by atoms with Gasteiger partial charge in [-0.05, 0) is 48.9 Å². The minimum atomic E-state index is -0.245. The van der Waals surface area contributed by atoms with Gasteiger partial charge in [-0.25, -0.2) is 4.98 Å². The number of amides is 2. The molecule has 5 nitrogen and oxygen atoms in total. The van der Waals surface area contributed by atoms with Gasteiger partial charge < -0.3 is 10.6 Å². The van der Waals surface area contributed by atoms with Crippen LogP contribution in [0.2, 0.25) is 0 Å². The Kier molecular flexibility index (Phi) is 5.39. The minimum absolute atomic E-state index is 0.0997. The van der Waals surface area contributed by atoms with Crippen LogP contribution in [0.3, 0.4) is 0 Å². The summed E-state index contributed by atoms with van der Waals surface area (Å²) >= 11 is 0. The normalized spacial score (nSPS) is 10.2. The molecule has 0 aliphatic carbocycles. The molecule has 2 N–H and O–H groups in total. The summed E-state index contributed by atoms with van der Waals surface area (Å²) in [4.78, 5) is 28.6. The van der Waals surface area contributed by atoms with Gasteiger partial charge in [0.25, 0.3) is 5.91 Å². The summed E-state index contributed by atoms with van der Waals surface area (Å²) in [6, 6.07) is 21.7. The molecule has 3 aromatic rings. The van der Waals surface area contributed by atoms with E-state index < -0.39 is 0 Å². The fourth-order valence-electron chi connectivity index (χ4n) is 2.49. The second kappa shape index (κ2) is 8.07. The summed E-state index contributed by atoms with van der Waals surface area (Å²) in [5.41, 5.74) is 2.93. The lowest BCUT2D eigenvalue weighted by molar-refractivity contribution is -0.115. The van der Waals surface area contributed by atoms with Crippen LogP contribution in [0.4, 0.5) is 11.5 Å². The number of anilines is 2. The fraction of sp³-hybridized carbons (Fsp3) is 0.0952. The third-order valence-electron chi connectivity index (χ3n) is 3.77. The van der Waals surface area contributed by atoms with Gasteiger partial charge >= 0.3 is 0 Å². The second-order valence-electron chi connectivity index (χ2n) is 5.91. The largest absolute Gasteiger partial charge is 0.326 e. The van der Waals surface area contributed by atoms with Crippen molar-refractivity contribution < 1.29 is 9.59 Å². The Hall–Kier alpha value is -3.47. The van der Waals surface area contributed by atoms with Crippen LogP contribution in [0.15, 0.2) is 72.8 Å². The molecular weight excluding hydrogens is 326 g/mol. The third kappa shape index (κ3) is 4.77. The van der Waals surface area contributed by atoms with E-state index in [-0.39, 0.29) is 11.8 Å². The van der Waals surface area contributed by atoms with Crippen LogP contribution >= 0.6 is 0 Å². The zero-order chi connectivity index (χ0) is 18.4. The van der Waals surface area contributed by atoms with E-state index in [0.717, 1.165) is 11.3 Å². The predicted octanol–water partition coefficient (Wildman–Crippen LogP) is 3.82. The Morgan fingerprint density at radius 2 is 1.58 bits per heavy atom. The maximum atomic E-state index is 12.3. The summed E-state index contributed by atoms with van der Waals surface area (Å²) in [6.45, 7) is 1.86. The van der Waals surface area contributed by atoms with Crippen molar-refractivity contribution in [1.29, 1.82) is 0 Å². The van der Waals surface area contributed by atoms with Crippen LogP contribution in [0.1, 0.15) is 21.6 Å². The molecule has 2 aromatic carbocycles. The van der Waals surface area contributed by atoms with Crippen molar-refractivity contribution in [2.75, 3.05) is 10.6 Å². The molecule has 0 bridgehead atoms. The monoisotopic (exact) mass is 345 g/mol. The van der Waals surface area contributed by atoms with E-state index >= 15 is 0 Å². The summed E-state index contributed by atoms with van der Waals surface area (Å²) in [5, 5.41) is 5.59. The third-order valence-corrected chi connectivity index (χ3v) is 3.77. The molecule has 0 spiro atoms. The highest BCUT2D eigenvalue weighted by Crippen LogP contribution is 2.13. The summed E-state index contributed by atoms with van der Waals surface area (Å²) in [7, 11) is 0. The number of hydrogen-bond acceptors (Lipinski definition) is 3. The maximum Gasteiger partial charge on any atom is 0.256 e. The highest BCUT2D eigenvalue weighted by atomic mass is 16.2. The second-order valence-corrected chi connectivity index (χ2v) is 5.91. The van der Waals surface area contributed by atoms with Crippen LogP contribution in [0.25, 0.3) is 0 Å². The van der Waals surface area contributed by atoms with Crippen molar-refractivity contribution in [3.63, 3.8) is 0 Å². The number of aromatic nitrogens is 1. The van der Waals surface area contributed by atoms with Gasteiger partial charge in [-0.15, -0.1) is 0 Å². The summed E-state index contributed by atoms with van der Waals surface area (Å²) in [5.74, 6) is 0.165. The molecule has 26 heavy (non-hydrogen) atoms. The topological polar surface area (TPSA) is 71.1 Å². The lowest BCUT2D eigenvalue weighted by Crippen LogP contribution is -2.15. The molecular formula is C21H19N3O2. The SMILES string of the molecule is Cc1cccc(NC(=O)c2ccc(NC(=O)Cc3ccccc3)cc2)n1. The molecule has 0 radical (unpaired) electrons. The molecule has 1 aromatic heterocycles. The fourth-order valence-corrected chi connectivity index (χ4v) is 2.49. The highest BCUT2D eigenvalue weighted by Gasteiger charge is 2.08. The number of aryl methyl sites for hydroxylation is 1. The quantitative estimate of drug-likeness (QED) is 0.738. The van der Waals surface area contributed by atoms with Crippen molar-refractivity contribution in [3.8, 4) is 0 Å². The number of nitrogens with zero attached hydrogens (tertiary/aromatic N) is 1. The van der Waals surface area contributed by atoms with Gasteiger partial charge in [0.1, 0.15) is 5.82 Å². The number of rotatable bonds is 5. The molecule has 5 heteroatoms. The summed E-state index contributed by atoms with van der Waals surface area (Å²) in [6.07, 6.45) is 0.308. The number of benzene rings is 2. The van der Waals surface area contributed by atoms with E-state index in [2.05, 4.69) is 15.6 Å². The van der Waals surface area contributed by atoms with Crippen LogP contribution in [0.5, 0.6) is 0 Å². The van der Waals surface area contributed by atoms with E-state index in [1.54, 1.807) is 30.3 Å². The summed E-state index contributed by atoms with van der Waals surface area (Å²) < 4.78 is 0. The molecule has 0 atom stereocenters. The number of carbonyl (C=O) groups excluding carboxylic acids is 2. The van der Waals surface area contributed by atoms with Gasteiger partial charge in [-0.1, -0.05) is 36.4 Å². The maximum absolute atomic E-state index is 12.3. The first kappa shape index (κ1) is 17.4. The van der Waals surface area contributed by atoms with Crippen LogP contribution in [-0.2, 0) is 11.2 Å². The van der Waals surface area contributed by atoms with Gasteiger partial charge in [-0.3, -0.25) is 9.59 Å². The molecule has 1 heterocycles. The molecule has 0 aliphatic rings. The van der Waals surface area contributed by atoms with E-state index in [1.807, 2.05) is 49.4 Å². The molecule has 0 aliphatic heterocycles. The number of pyridine rings is 1. The van der Waals surface area contributed by atoms with Crippen molar-refractivity contribution in [2.24, 2.45) is 0 Å². The van der Waals surface area contributed by atoms with Crippen LogP contribution in [-0.4, -0.2) is 16.8 Å². The zero-order valence-corrected chi connectivity index (χ0v) is 14.4. The van der Waals surface area contributed by atoms with Gasteiger partial charge in [-0.2, -0.15) is 0 Å². The van der Waals surface area contributed by atoms with E-state index in [0.29, 0.717) is 23.5 Å². The first-order valence-electron chi connectivity index (χ1n) is 8.29. The molecule has 2 amide bonds. The van der Waals surface area contributed by atoms with Gasteiger partial charge in [0, 0.05) is 16.9 Å². The number of nitrogens with one attached hydrogen (secondary N) is 2. The molecule has 3 rings (SSSR count). The lowest BCUT2D eigenvalue weighted by Gasteiger charge is -2.08. The average molecular weight is 345 g/mol. The predicted molar refractivity (Wildman–Crippen MR) is 102 cm³/mol. The standard InChI is InChI=1S/C21H19N3O2/c1-15-6-5-9-19(22-15)24-21(26)17-10-12-18(13-11-17)23-20(25)14-16-7-3-2-4-8-16/h2-13H,14H2,1H3,(H,23,25)(H,22,24,26). The Bertz CT molecular complexity index is 906. The number of carbonyl (C=O) groups is 2. The smallest absolute Gasteiger partial charge is 0.256 e. The van der Waals surface area contributed by atoms with Crippen LogP contribution < -0.4 is 10.6 Å². The van der Waals surface area contributed by atoms with Gasteiger partial charge in [0.05, 0.1) is 6.42 Å². The van der Waals surface area contributed by atoms with Crippen molar-refractivity contribution in [3.05, 3.63) is 89.6 Å². The highest BCUT2D eigenvalue weighted by molar-refractivity contribution is 6.04. The van der Waals surface area contributed by atoms with E-state index in [4.69, 9.17) is 0 Å². The zero-order valence-electron chi connectivity index (χ0n) is 14.4. The molecule has 0 saturated carbocycles. The average Bonchev–Trinajstić information content (AvgIpc) is 2.63. The van der Waals surface area contributed by atoms with Crippen LogP contribution in [0, 0.1) is 6.92 Å². The molecule has 130 valence electrons. The van der Waals surface area contributed by atoms with E-state index in [1.165, 1.54) is 0 Å². The van der Waals surface area contributed by atoms with Gasteiger partial charge in [0.15, 0.2) is 0 Å². The first-order valence-corrected chi connectivity index (χ1v) is 8.29. The molecule has 0 saturated heterocycles. The minimum Gasteiger partial charge on any atom is -0.326 e. The Labute approximate surface area is 152 Å².